The molecule has 6 heteroatoms. The van der Waals surface area contributed by atoms with E-state index in [4.69, 9.17) is 10.7 Å². The third-order valence-corrected chi connectivity index (χ3v) is 5.48. The van der Waals surface area contributed by atoms with Crippen molar-refractivity contribution in [3.05, 3.63) is 84.4 Å². The summed E-state index contributed by atoms with van der Waals surface area (Å²) in [4.78, 5) is 21.9. The van der Waals surface area contributed by atoms with Crippen LogP contribution in [0.4, 0.5) is 0 Å². The van der Waals surface area contributed by atoms with Crippen molar-refractivity contribution in [2.75, 3.05) is 0 Å². The summed E-state index contributed by atoms with van der Waals surface area (Å²) in [5.74, 6) is 0.580. The normalized spacial score (nSPS) is 11.8. The number of hydrogen-bond donors (Lipinski definition) is 2. The van der Waals surface area contributed by atoms with Gasteiger partial charge in [0.2, 0.25) is 0 Å². The summed E-state index contributed by atoms with van der Waals surface area (Å²) in [5.41, 5.74) is 13.2. The molecule has 5 aromatic rings. The highest BCUT2D eigenvalue weighted by Crippen LogP contribution is 2.31. The van der Waals surface area contributed by atoms with Gasteiger partial charge >= 0.3 is 0 Å². The van der Waals surface area contributed by atoms with Crippen molar-refractivity contribution < 1.29 is 0 Å². The molecule has 4 heterocycles. The molecule has 3 N–H and O–H groups in total. The molecule has 0 aliphatic rings. The molecule has 4 aromatic heterocycles. The fourth-order valence-electron chi connectivity index (χ4n) is 3.77. The molecule has 0 fully saturated rings. The number of hydrogen-bond acceptors (Lipinski definition) is 5. The van der Waals surface area contributed by atoms with Crippen molar-refractivity contribution in [1.29, 1.82) is 0 Å². The molecule has 0 aliphatic heterocycles. The van der Waals surface area contributed by atoms with Gasteiger partial charge in [0.15, 0.2) is 5.82 Å². The number of nitrogens with zero attached hydrogens (tertiary/aromatic N) is 4. The van der Waals surface area contributed by atoms with Crippen molar-refractivity contribution >= 4 is 11.0 Å². The van der Waals surface area contributed by atoms with Gasteiger partial charge in [-0.3, -0.25) is 4.98 Å². The molecule has 6 nitrogen and oxygen atoms in total. The molecular formula is C26H24N6. The lowest BCUT2D eigenvalue weighted by atomic mass is 9.92. The first-order valence-corrected chi connectivity index (χ1v) is 10.5. The van der Waals surface area contributed by atoms with E-state index >= 15 is 0 Å². The van der Waals surface area contributed by atoms with Crippen molar-refractivity contribution in [1.82, 2.24) is 24.9 Å². The van der Waals surface area contributed by atoms with Crippen LogP contribution in [0.1, 0.15) is 25.1 Å². The Kier molecular flexibility index (Phi) is 4.79. The molecule has 5 rings (SSSR count). The second-order valence-electron chi connectivity index (χ2n) is 8.56. The predicted octanol–water partition coefficient (Wildman–Crippen LogP) is 5.25. The van der Waals surface area contributed by atoms with Crippen molar-refractivity contribution in [3.63, 3.8) is 0 Å². The van der Waals surface area contributed by atoms with Crippen LogP contribution in [0.2, 0.25) is 0 Å². The highest BCUT2D eigenvalue weighted by atomic mass is 15.0. The minimum Gasteiger partial charge on any atom is -0.346 e. The van der Waals surface area contributed by atoms with Gasteiger partial charge < -0.3 is 10.7 Å². The van der Waals surface area contributed by atoms with Crippen LogP contribution >= 0.6 is 0 Å². The lowest BCUT2D eigenvalue weighted by Gasteiger charge is -2.20. The average molecular weight is 421 g/mol. The van der Waals surface area contributed by atoms with Crippen molar-refractivity contribution in [3.8, 4) is 33.9 Å². The van der Waals surface area contributed by atoms with Gasteiger partial charge in [-0.2, -0.15) is 0 Å². The van der Waals surface area contributed by atoms with Gasteiger partial charge in [0.05, 0.1) is 5.69 Å². The summed E-state index contributed by atoms with van der Waals surface area (Å²) in [7, 11) is 0. The molecule has 0 amide bonds. The zero-order valence-corrected chi connectivity index (χ0v) is 18.3. The zero-order valence-electron chi connectivity index (χ0n) is 18.3. The van der Waals surface area contributed by atoms with Gasteiger partial charge in [0.25, 0.3) is 0 Å². The Hall–Kier alpha value is -3.90. The molecule has 0 saturated carbocycles. The maximum Gasteiger partial charge on any atom is 0.180 e. The maximum atomic E-state index is 6.32. The van der Waals surface area contributed by atoms with Gasteiger partial charge in [-0.25, -0.2) is 15.0 Å². The van der Waals surface area contributed by atoms with Crippen LogP contribution in [-0.4, -0.2) is 24.9 Å². The molecule has 0 aliphatic carbocycles. The molecule has 0 saturated heterocycles. The number of benzene rings is 1. The Morgan fingerprint density at radius 2 is 1.66 bits per heavy atom. The second kappa shape index (κ2) is 7.66. The number of H-pyrrole nitrogens is 1. The number of pyridine rings is 2. The largest absolute Gasteiger partial charge is 0.346 e. The Balaban J connectivity index is 1.65. The summed E-state index contributed by atoms with van der Waals surface area (Å²) >= 11 is 0. The van der Waals surface area contributed by atoms with E-state index in [1.807, 2.05) is 69.7 Å². The van der Waals surface area contributed by atoms with E-state index in [0.717, 1.165) is 50.4 Å². The highest BCUT2D eigenvalue weighted by molar-refractivity contribution is 5.92. The number of nitrogens with one attached hydrogen (secondary N) is 1. The topological polar surface area (TPSA) is 93.4 Å². The summed E-state index contributed by atoms with van der Waals surface area (Å²) in [6, 6.07) is 18.2. The standard InChI is InChI=1S/C26H24N6/c1-16-6-4-9-22(30-16)25-31-23(21-10-11-29-24(21)32-25)19-12-18(14-28-15-19)17-7-5-8-20(13-17)26(2,3)27/h4-15H,27H2,1-3H3,(H,29,31,32). The molecule has 0 radical (unpaired) electrons. The van der Waals surface area contributed by atoms with Crippen LogP contribution in [-0.2, 0) is 5.54 Å². The van der Waals surface area contributed by atoms with Crippen molar-refractivity contribution in [2.45, 2.75) is 26.3 Å². The zero-order chi connectivity index (χ0) is 22.3. The number of rotatable bonds is 4. The van der Waals surface area contributed by atoms with Crippen molar-refractivity contribution in [2.24, 2.45) is 5.73 Å². The molecular weight excluding hydrogens is 396 g/mol. The predicted molar refractivity (Wildman–Crippen MR) is 128 cm³/mol. The lowest BCUT2D eigenvalue weighted by molar-refractivity contribution is 0.554. The minimum absolute atomic E-state index is 0.416. The summed E-state index contributed by atoms with van der Waals surface area (Å²) in [6.07, 6.45) is 5.58. The van der Waals surface area contributed by atoms with Crippen LogP contribution in [0.25, 0.3) is 44.9 Å². The quantitative estimate of drug-likeness (QED) is 0.414. The van der Waals surface area contributed by atoms with E-state index in [2.05, 4.69) is 44.2 Å². The third-order valence-electron chi connectivity index (χ3n) is 5.48. The van der Waals surface area contributed by atoms with Gasteiger partial charge in [-0.15, -0.1) is 0 Å². The molecule has 0 atom stereocenters. The van der Waals surface area contributed by atoms with Gasteiger partial charge in [-0.1, -0.05) is 24.3 Å². The summed E-state index contributed by atoms with van der Waals surface area (Å²) in [6.45, 7) is 5.97. The third kappa shape index (κ3) is 3.76. The summed E-state index contributed by atoms with van der Waals surface area (Å²) < 4.78 is 0. The summed E-state index contributed by atoms with van der Waals surface area (Å²) in [5, 5.41) is 0.942. The van der Waals surface area contributed by atoms with E-state index in [0.29, 0.717) is 5.82 Å². The van der Waals surface area contributed by atoms with Gasteiger partial charge in [0, 0.05) is 46.3 Å². The number of aryl methyl sites for hydroxylation is 1. The Labute approximate surface area is 186 Å². The smallest absolute Gasteiger partial charge is 0.180 e. The molecule has 0 spiro atoms. The van der Waals surface area contributed by atoms with E-state index < -0.39 is 5.54 Å². The SMILES string of the molecule is Cc1cccc(-c2nc(-c3cncc(-c4cccc(C(C)(C)N)c4)c3)c3cc[nH]c3n2)n1. The number of aromatic amines is 1. The fourth-order valence-corrected chi connectivity index (χ4v) is 3.77. The Morgan fingerprint density at radius 3 is 2.47 bits per heavy atom. The Bertz CT molecular complexity index is 1430. The van der Waals surface area contributed by atoms with E-state index in [9.17, 15) is 0 Å². The maximum absolute atomic E-state index is 6.32. The molecule has 158 valence electrons. The molecule has 0 unspecified atom stereocenters. The molecule has 0 bridgehead atoms. The average Bonchev–Trinajstić information content (AvgIpc) is 3.27. The van der Waals surface area contributed by atoms with Crippen LogP contribution in [0.5, 0.6) is 0 Å². The lowest BCUT2D eigenvalue weighted by Crippen LogP contribution is -2.28. The van der Waals surface area contributed by atoms with Crippen LogP contribution in [0, 0.1) is 6.92 Å². The van der Waals surface area contributed by atoms with Gasteiger partial charge in [0.1, 0.15) is 11.3 Å². The number of aromatic nitrogens is 5. The van der Waals surface area contributed by atoms with Crippen LogP contribution in [0.3, 0.4) is 0 Å². The van der Waals surface area contributed by atoms with Crippen LogP contribution in [0.15, 0.2) is 73.2 Å². The monoisotopic (exact) mass is 420 g/mol. The van der Waals surface area contributed by atoms with E-state index in [1.165, 1.54) is 0 Å². The first kappa shape index (κ1) is 20.0. The molecule has 1 aromatic carbocycles. The van der Waals surface area contributed by atoms with Crippen LogP contribution < -0.4 is 5.73 Å². The second-order valence-corrected chi connectivity index (χ2v) is 8.56. The fraction of sp³-hybridized carbons (Fsp3) is 0.154. The van der Waals surface area contributed by atoms with E-state index in [-0.39, 0.29) is 0 Å². The first-order valence-electron chi connectivity index (χ1n) is 10.5. The number of nitrogens with two attached hydrogens (primary N) is 1. The first-order chi connectivity index (χ1) is 15.4. The van der Waals surface area contributed by atoms with E-state index in [1.54, 1.807) is 0 Å². The van der Waals surface area contributed by atoms with Gasteiger partial charge in [-0.05, 0) is 62.2 Å². The highest BCUT2D eigenvalue weighted by Gasteiger charge is 2.16. The Morgan fingerprint density at radius 1 is 0.844 bits per heavy atom. The molecule has 32 heavy (non-hydrogen) atoms. The minimum atomic E-state index is -0.416. The number of fused-ring (bicyclic) bond motifs is 1.